The average Bonchev–Trinajstić information content (AvgIpc) is 3.41. The zero-order valence-corrected chi connectivity index (χ0v) is 32.4. The molecule has 1 aliphatic rings. The fraction of sp³-hybridized carbons (Fsp3) is 0.413. The molecule has 4 aromatic carbocycles. The second-order valence-corrected chi connectivity index (χ2v) is 14.5. The Morgan fingerprint density at radius 3 is 1.69 bits per heavy atom. The number of amides is 2. The first-order chi connectivity index (χ1) is 26.2. The topological polar surface area (TPSA) is 93.1 Å². The predicted octanol–water partition coefficient (Wildman–Crippen LogP) is 8.81. The maximum absolute atomic E-state index is 15.9. The molecule has 1 unspecified atom stereocenters. The summed E-state index contributed by atoms with van der Waals surface area (Å²) in [5.41, 5.74) is -1.18. The molecule has 5 rings (SSSR count). The highest BCUT2D eigenvalue weighted by Crippen LogP contribution is 2.55. The van der Waals surface area contributed by atoms with Crippen LogP contribution in [-0.4, -0.2) is 63.8 Å². The van der Waals surface area contributed by atoms with Crippen molar-refractivity contribution in [3.8, 4) is 0 Å². The lowest BCUT2D eigenvalue weighted by Gasteiger charge is -2.51. The number of carbonyl (C=O) groups is 3. The third-order valence-electron chi connectivity index (χ3n) is 11.2. The number of unbranched alkanes of at least 4 members (excludes halogenated alkanes) is 3. The number of benzene rings is 4. The number of quaternary nitrogens is 1. The summed E-state index contributed by atoms with van der Waals surface area (Å²) in [6, 6.07) is 35.9. The Bertz CT molecular complexity index is 1750. The molecule has 8 nitrogen and oxygen atoms in total. The van der Waals surface area contributed by atoms with E-state index in [-0.39, 0.29) is 38.9 Å². The predicted molar refractivity (Wildman–Crippen MR) is 211 cm³/mol. The largest absolute Gasteiger partial charge is 0.464 e. The molecule has 54 heavy (non-hydrogen) atoms. The van der Waals surface area contributed by atoms with Gasteiger partial charge in [0.15, 0.2) is 0 Å². The number of nitrogens with zero attached hydrogens (tertiary/aromatic N) is 2. The minimum Gasteiger partial charge on any atom is -0.464 e. The molecular weight excluding hydrogens is 677 g/mol. The van der Waals surface area contributed by atoms with Gasteiger partial charge in [-0.15, -0.1) is 0 Å². The summed E-state index contributed by atoms with van der Waals surface area (Å²) in [5, 5.41) is 13.7. The van der Waals surface area contributed by atoms with Crippen molar-refractivity contribution >= 4 is 18.0 Å². The lowest BCUT2D eigenvalue weighted by atomic mass is 9.63. The molecule has 1 aliphatic heterocycles. The smallest absolute Gasteiger partial charge is 0.421 e. The van der Waals surface area contributed by atoms with Crippen molar-refractivity contribution in [2.45, 2.75) is 96.5 Å². The van der Waals surface area contributed by atoms with E-state index in [0.29, 0.717) is 30.4 Å². The summed E-state index contributed by atoms with van der Waals surface area (Å²) in [6.45, 7) is 8.49. The van der Waals surface area contributed by atoms with Gasteiger partial charge in [0.2, 0.25) is 11.6 Å². The van der Waals surface area contributed by atoms with Gasteiger partial charge in [-0.1, -0.05) is 168 Å². The molecule has 0 spiro atoms. The maximum Gasteiger partial charge on any atom is 0.421 e. The van der Waals surface area contributed by atoms with Crippen molar-refractivity contribution in [1.82, 2.24) is 4.90 Å². The fourth-order valence-corrected chi connectivity index (χ4v) is 8.37. The number of esters is 2. The average molecular weight is 734 g/mol. The summed E-state index contributed by atoms with van der Waals surface area (Å²) in [6.07, 6.45) is 4.07. The Hall–Kier alpha value is -4.79. The molecule has 0 aromatic heterocycles. The highest BCUT2D eigenvalue weighted by atomic mass is 16.5. The minimum absolute atomic E-state index is 0.0555. The highest BCUT2D eigenvalue weighted by Gasteiger charge is 2.81. The van der Waals surface area contributed by atoms with Crippen molar-refractivity contribution in [2.24, 2.45) is 5.92 Å². The van der Waals surface area contributed by atoms with E-state index in [1.165, 1.54) is 0 Å². The van der Waals surface area contributed by atoms with Crippen molar-refractivity contribution in [3.05, 3.63) is 144 Å². The number of ether oxygens (including phenoxy) is 2. The van der Waals surface area contributed by atoms with Gasteiger partial charge in [-0.25, -0.2) is 18.9 Å². The SMILES string of the molecule is CCCCOC(=O)[C@H]1N(Cc2ccccc2)C(=O)[N+](CCCC)(Cc2ccccc2)[C@]1(C(=O)OCCCC)[C@H](C)C(O)(c1ccccc1)c1ccccc1. The van der Waals surface area contributed by atoms with Crippen LogP contribution in [0, 0.1) is 5.92 Å². The number of hydrogen-bond donors (Lipinski definition) is 1. The van der Waals surface area contributed by atoms with Crippen LogP contribution in [0.4, 0.5) is 4.79 Å². The molecule has 1 heterocycles. The van der Waals surface area contributed by atoms with E-state index in [9.17, 15) is 5.11 Å². The molecular formula is C46H57N2O6+. The van der Waals surface area contributed by atoms with E-state index in [4.69, 9.17) is 9.47 Å². The third-order valence-corrected chi connectivity index (χ3v) is 11.2. The molecule has 8 heteroatoms. The lowest BCUT2D eigenvalue weighted by molar-refractivity contribution is -0.903. The second kappa shape index (κ2) is 18.5. The number of hydrogen-bond acceptors (Lipinski definition) is 6. The first-order valence-corrected chi connectivity index (χ1v) is 19.7. The van der Waals surface area contributed by atoms with Crippen LogP contribution < -0.4 is 0 Å². The summed E-state index contributed by atoms with van der Waals surface area (Å²) in [7, 11) is 0. The van der Waals surface area contributed by atoms with Gasteiger partial charge in [0.05, 0.1) is 32.2 Å². The van der Waals surface area contributed by atoms with Crippen molar-refractivity contribution < 1.29 is 33.4 Å². The first kappa shape index (κ1) is 40.4. The molecule has 2 amide bonds. The lowest BCUT2D eigenvalue weighted by Crippen LogP contribution is -2.76. The maximum atomic E-state index is 15.9. The molecule has 1 saturated heterocycles. The number of carbonyl (C=O) groups excluding carboxylic acids is 3. The monoisotopic (exact) mass is 733 g/mol. The molecule has 0 bridgehead atoms. The van der Waals surface area contributed by atoms with Crippen LogP contribution in [0.1, 0.15) is 88.5 Å². The molecule has 4 aromatic rings. The first-order valence-electron chi connectivity index (χ1n) is 19.7. The van der Waals surface area contributed by atoms with E-state index >= 15 is 14.4 Å². The molecule has 4 atom stereocenters. The Kier molecular flexibility index (Phi) is 13.8. The van der Waals surface area contributed by atoms with E-state index < -0.39 is 39.5 Å². The zero-order chi connectivity index (χ0) is 38.6. The summed E-state index contributed by atoms with van der Waals surface area (Å²) < 4.78 is 12.0. The van der Waals surface area contributed by atoms with Crippen LogP contribution in [0.15, 0.2) is 121 Å². The highest BCUT2D eigenvalue weighted by molar-refractivity contribution is 5.97. The van der Waals surface area contributed by atoms with Gasteiger partial charge >= 0.3 is 18.0 Å². The van der Waals surface area contributed by atoms with Gasteiger partial charge in [-0.3, -0.25) is 4.90 Å². The van der Waals surface area contributed by atoms with Gasteiger partial charge < -0.3 is 14.6 Å². The summed E-state index contributed by atoms with van der Waals surface area (Å²) >= 11 is 0. The summed E-state index contributed by atoms with van der Waals surface area (Å²) in [4.78, 5) is 48.4. The molecule has 1 N–H and O–H groups in total. The number of urea groups is 1. The van der Waals surface area contributed by atoms with Gasteiger partial charge in [-0.2, -0.15) is 0 Å². The quantitative estimate of drug-likeness (QED) is 0.0589. The van der Waals surface area contributed by atoms with Gasteiger partial charge in [0.1, 0.15) is 12.1 Å². The normalized spacial score (nSPS) is 20.4. The van der Waals surface area contributed by atoms with Crippen LogP contribution in [0.25, 0.3) is 0 Å². The zero-order valence-electron chi connectivity index (χ0n) is 32.4. The van der Waals surface area contributed by atoms with Gasteiger partial charge in [-0.05, 0) is 36.0 Å². The van der Waals surface area contributed by atoms with E-state index in [1.54, 1.807) is 4.90 Å². The standard InChI is InChI=1S/C46H57N2O6/c1-5-8-31-48(35-38-25-17-12-18-26-38)44(51)47(34-37-23-15-11-16-24-37)41(42(49)53-32-9-6-2)45(48,43(50)54-33-10-7-3)36(4)46(52,39-27-19-13-20-28-39)40-29-21-14-22-30-40/h11-30,36,41,52H,5-10,31-35H2,1-4H3/q+1/t36-,41+,45+,48?/m0/s1. The van der Waals surface area contributed by atoms with E-state index in [1.807, 2.05) is 149 Å². The van der Waals surface area contributed by atoms with Crippen LogP contribution in [0.3, 0.4) is 0 Å². The summed E-state index contributed by atoms with van der Waals surface area (Å²) in [5.74, 6) is -2.49. The number of rotatable bonds is 19. The minimum atomic E-state index is -1.99. The van der Waals surface area contributed by atoms with Gasteiger partial charge in [0.25, 0.3) is 0 Å². The van der Waals surface area contributed by atoms with Crippen molar-refractivity contribution in [1.29, 1.82) is 0 Å². The Morgan fingerprint density at radius 1 is 0.722 bits per heavy atom. The molecule has 0 radical (unpaired) electrons. The molecule has 1 fully saturated rings. The van der Waals surface area contributed by atoms with Crippen LogP contribution in [-0.2, 0) is 37.8 Å². The number of aliphatic hydroxyl groups is 1. The van der Waals surface area contributed by atoms with Gasteiger partial charge in [0, 0.05) is 5.56 Å². The van der Waals surface area contributed by atoms with E-state index in [2.05, 4.69) is 0 Å². The van der Waals surface area contributed by atoms with Crippen LogP contribution in [0.5, 0.6) is 0 Å². The fourth-order valence-electron chi connectivity index (χ4n) is 8.37. The Labute approximate surface area is 321 Å². The molecule has 0 saturated carbocycles. The second-order valence-electron chi connectivity index (χ2n) is 14.5. The van der Waals surface area contributed by atoms with Crippen LogP contribution >= 0.6 is 0 Å². The van der Waals surface area contributed by atoms with Crippen molar-refractivity contribution in [3.63, 3.8) is 0 Å². The molecule has 286 valence electrons. The van der Waals surface area contributed by atoms with E-state index in [0.717, 1.165) is 30.4 Å². The third kappa shape index (κ3) is 7.73. The van der Waals surface area contributed by atoms with Crippen molar-refractivity contribution in [2.75, 3.05) is 19.8 Å². The Morgan fingerprint density at radius 2 is 1.19 bits per heavy atom. The van der Waals surface area contributed by atoms with Crippen LogP contribution in [0.2, 0.25) is 0 Å². The Balaban J connectivity index is 1.93. The molecule has 0 aliphatic carbocycles.